The van der Waals surface area contributed by atoms with Crippen molar-refractivity contribution >= 4 is 33.5 Å². The number of carbonyl (C=O) groups excluding carboxylic acids is 1. The standard InChI is InChI=1S/C30H38FN7O2/c1-17-9-10-24-23(14-32-35-24)25(17)26-18(2)13-22-28(27(26)31)33-30(40-12-8-11-36(6)7)34-29(22)38-16-19(3)37(21(5)39)15-20(38)4/h9-10,13-14,19-20H,8,11-12,15-16H2,1-7H3,(H,32,35)/t19-,20+/m1/s1. The third-order valence-electron chi connectivity index (χ3n) is 7.81. The van der Waals surface area contributed by atoms with Crippen LogP contribution in [0.4, 0.5) is 10.2 Å². The van der Waals surface area contributed by atoms with Gasteiger partial charge in [0.05, 0.1) is 18.3 Å². The van der Waals surface area contributed by atoms with E-state index in [0.29, 0.717) is 36.5 Å². The monoisotopic (exact) mass is 547 g/mol. The SMILES string of the molecule is CC(=O)N1C[C@H](C)N(c2nc(OCCCN(C)C)nc3c(F)c(-c4c(C)ccc5[nH]ncc45)c(C)cc23)C[C@H]1C. The van der Waals surface area contributed by atoms with Crippen molar-refractivity contribution in [2.45, 2.75) is 53.1 Å². The molecule has 0 saturated carbocycles. The highest BCUT2D eigenvalue weighted by atomic mass is 19.1. The highest BCUT2D eigenvalue weighted by Crippen LogP contribution is 2.40. The Bertz CT molecular complexity index is 1570. The number of hydrogen-bond donors (Lipinski definition) is 1. The van der Waals surface area contributed by atoms with Gasteiger partial charge in [0.15, 0.2) is 5.82 Å². The van der Waals surface area contributed by atoms with Crippen LogP contribution in [0.3, 0.4) is 0 Å². The quantitative estimate of drug-likeness (QED) is 0.335. The summed E-state index contributed by atoms with van der Waals surface area (Å²) in [7, 11) is 4.02. The number of H-pyrrole nitrogens is 1. The minimum absolute atomic E-state index is 0.0188. The molecule has 2 aromatic carbocycles. The summed E-state index contributed by atoms with van der Waals surface area (Å²) in [5, 5.41) is 8.68. The number of amides is 1. The van der Waals surface area contributed by atoms with Gasteiger partial charge in [-0.3, -0.25) is 9.89 Å². The second kappa shape index (κ2) is 11.0. The van der Waals surface area contributed by atoms with Gasteiger partial charge in [0.2, 0.25) is 5.91 Å². The molecule has 0 unspecified atom stereocenters. The maximum absolute atomic E-state index is 16.7. The maximum atomic E-state index is 16.7. The molecule has 1 N–H and O–H groups in total. The van der Waals surface area contributed by atoms with Crippen LogP contribution < -0.4 is 9.64 Å². The van der Waals surface area contributed by atoms with Crippen LogP contribution in [0, 0.1) is 19.7 Å². The summed E-state index contributed by atoms with van der Waals surface area (Å²) in [4.78, 5) is 27.8. The van der Waals surface area contributed by atoms with Gasteiger partial charge in [-0.2, -0.15) is 15.1 Å². The van der Waals surface area contributed by atoms with Gasteiger partial charge in [-0.05, 0) is 77.0 Å². The van der Waals surface area contributed by atoms with Gasteiger partial charge in [-0.25, -0.2) is 4.39 Å². The number of piperazine rings is 1. The Morgan fingerprint density at radius 1 is 1.10 bits per heavy atom. The number of hydrogen-bond acceptors (Lipinski definition) is 7. The first kappa shape index (κ1) is 27.8. The Labute approximate surface area is 234 Å². The number of aromatic amines is 1. The predicted octanol–water partition coefficient (Wildman–Crippen LogP) is 4.71. The molecule has 1 fully saturated rings. The molecule has 2 aromatic heterocycles. The van der Waals surface area contributed by atoms with E-state index in [9.17, 15) is 4.79 Å². The van der Waals surface area contributed by atoms with Crippen LogP contribution in [0.1, 0.15) is 38.3 Å². The number of aryl methyl sites for hydroxylation is 2. The number of fused-ring (bicyclic) bond motifs is 2. The van der Waals surface area contributed by atoms with Gasteiger partial charge >= 0.3 is 6.01 Å². The highest BCUT2D eigenvalue weighted by Gasteiger charge is 2.33. The largest absolute Gasteiger partial charge is 0.463 e. The van der Waals surface area contributed by atoms with E-state index >= 15 is 4.39 Å². The number of nitrogens with one attached hydrogen (secondary N) is 1. The Balaban J connectivity index is 1.67. The molecule has 3 heterocycles. The summed E-state index contributed by atoms with van der Waals surface area (Å²) in [6.07, 6.45) is 2.53. The summed E-state index contributed by atoms with van der Waals surface area (Å²) in [5.41, 5.74) is 4.11. The fourth-order valence-electron chi connectivity index (χ4n) is 5.77. The minimum Gasteiger partial charge on any atom is -0.463 e. The summed E-state index contributed by atoms with van der Waals surface area (Å²) in [6, 6.07) is 6.02. The lowest BCUT2D eigenvalue weighted by Crippen LogP contribution is -2.58. The fourth-order valence-corrected chi connectivity index (χ4v) is 5.77. The molecule has 10 heteroatoms. The molecule has 1 aliphatic heterocycles. The van der Waals surface area contributed by atoms with E-state index < -0.39 is 5.82 Å². The smallest absolute Gasteiger partial charge is 0.319 e. The van der Waals surface area contributed by atoms with Gasteiger partial charge < -0.3 is 19.4 Å². The van der Waals surface area contributed by atoms with Crippen molar-refractivity contribution in [1.82, 2.24) is 30.0 Å². The van der Waals surface area contributed by atoms with E-state index in [0.717, 1.165) is 40.6 Å². The first-order valence-electron chi connectivity index (χ1n) is 13.8. The fraction of sp³-hybridized carbons (Fsp3) is 0.467. The van der Waals surface area contributed by atoms with Crippen molar-refractivity contribution in [2.24, 2.45) is 0 Å². The lowest BCUT2D eigenvalue weighted by atomic mass is 9.92. The average Bonchev–Trinajstić information content (AvgIpc) is 3.37. The molecule has 0 spiro atoms. The summed E-state index contributed by atoms with van der Waals surface area (Å²) < 4.78 is 22.7. The number of carbonyl (C=O) groups is 1. The molecule has 0 bridgehead atoms. The van der Waals surface area contributed by atoms with Gasteiger partial charge in [-0.1, -0.05) is 6.07 Å². The molecule has 9 nitrogen and oxygen atoms in total. The van der Waals surface area contributed by atoms with E-state index in [-0.39, 0.29) is 29.5 Å². The van der Waals surface area contributed by atoms with Crippen LogP contribution in [0.15, 0.2) is 24.4 Å². The molecule has 0 radical (unpaired) electrons. The van der Waals surface area contributed by atoms with E-state index in [1.165, 1.54) is 0 Å². The minimum atomic E-state index is -0.406. The molecule has 1 saturated heterocycles. The number of nitrogens with zero attached hydrogens (tertiary/aromatic N) is 6. The van der Waals surface area contributed by atoms with Crippen LogP contribution in [-0.4, -0.2) is 88.3 Å². The number of ether oxygens (including phenoxy) is 1. The zero-order valence-electron chi connectivity index (χ0n) is 24.4. The topological polar surface area (TPSA) is 90.5 Å². The van der Waals surface area contributed by atoms with Crippen molar-refractivity contribution in [3.8, 4) is 17.1 Å². The van der Waals surface area contributed by atoms with E-state index in [1.807, 2.05) is 58.0 Å². The number of benzene rings is 2. The first-order chi connectivity index (χ1) is 19.1. The molecule has 0 aliphatic carbocycles. The Kier molecular flexibility index (Phi) is 7.63. The van der Waals surface area contributed by atoms with Gasteiger partial charge in [0.25, 0.3) is 0 Å². The number of rotatable bonds is 7. The van der Waals surface area contributed by atoms with Gasteiger partial charge in [0.1, 0.15) is 11.3 Å². The summed E-state index contributed by atoms with van der Waals surface area (Å²) in [5.74, 6) is 0.269. The molecular formula is C30H38FN7O2. The Morgan fingerprint density at radius 3 is 2.60 bits per heavy atom. The Morgan fingerprint density at radius 2 is 1.88 bits per heavy atom. The summed E-state index contributed by atoms with van der Waals surface area (Å²) >= 11 is 0. The first-order valence-corrected chi connectivity index (χ1v) is 13.8. The normalized spacial score (nSPS) is 17.8. The Hall–Kier alpha value is -3.79. The second-order valence-electron chi connectivity index (χ2n) is 11.2. The predicted molar refractivity (Wildman–Crippen MR) is 156 cm³/mol. The third kappa shape index (κ3) is 5.08. The molecule has 1 aliphatic rings. The highest BCUT2D eigenvalue weighted by molar-refractivity contribution is 6.01. The van der Waals surface area contributed by atoms with Crippen molar-refractivity contribution in [3.63, 3.8) is 0 Å². The van der Waals surface area contributed by atoms with Crippen LogP contribution in [0.5, 0.6) is 6.01 Å². The number of anilines is 1. The van der Waals surface area contributed by atoms with Crippen LogP contribution >= 0.6 is 0 Å². The zero-order chi connectivity index (χ0) is 28.7. The van der Waals surface area contributed by atoms with Crippen molar-refractivity contribution in [3.05, 3.63) is 41.3 Å². The number of aromatic nitrogens is 4. The lowest BCUT2D eigenvalue weighted by molar-refractivity contribution is -0.131. The lowest BCUT2D eigenvalue weighted by Gasteiger charge is -2.44. The van der Waals surface area contributed by atoms with E-state index in [2.05, 4.69) is 31.9 Å². The van der Waals surface area contributed by atoms with Crippen molar-refractivity contribution in [1.29, 1.82) is 0 Å². The molecule has 40 heavy (non-hydrogen) atoms. The zero-order valence-corrected chi connectivity index (χ0v) is 24.4. The van der Waals surface area contributed by atoms with Crippen LogP contribution in [-0.2, 0) is 4.79 Å². The third-order valence-corrected chi connectivity index (χ3v) is 7.81. The number of halogens is 1. The molecule has 2 atom stereocenters. The summed E-state index contributed by atoms with van der Waals surface area (Å²) in [6.45, 7) is 12.0. The molecule has 1 amide bonds. The molecule has 4 aromatic rings. The van der Waals surface area contributed by atoms with Crippen LogP contribution in [0.25, 0.3) is 32.9 Å². The average molecular weight is 548 g/mol. The molecular weight excluding hydrogens is 509 g/mol. The van der Waals surface area contributed by atoms with E-state index in [4.69, 9.17) is 9.72 Å². The van der Waals surface area contributed by atoms with Crippen molar-refractivity contribution in [2.75, 3.05) is 45.2 Å². The molecule has 5 rings (SSSR count). The van der Waals surface area contributed by atoms with Crippen LogP contribution in [0.2, 0.25) is 0 Å². The maximum Gasteiger partial charge on any atom is 0.319 e. The second-order valence-corrected chi connectivity index (χ2v) is 11.2. The van der Waals surface area contributed by atoms with E-state index in [1.54, 1.807) is 13.1 Å². The van der Waals surface area contributed by atoms with Gasteiger partial charge in [0, 0.05) is 55.0 Å². The van der Waals surface area contributed by atoms with Crippen molar-refractivity contribution < 1.29 is 13.9 Å². The van der Waals surface area contributed by atoms with Gasteiger partial charge in [-0.15, -0.1) is 0 Å². The molecule has 212 valence electrons.